The maximum atomic E-state index is 6.12. The second-order valence-corrected chi connectivity index (χ2v) is 6.41. The van der Waals surface area contributed by atoms with Gasteiger partial charge in [-0.3, -0.25) is 4.99 Å². The van der Waals surface area contributed by atoms with E-state index < -0.39 is 0 Å². The Morgan fingerprint density at radius 1 is 1.32 bits per heavy atom. The van der Waals surface area contributed by atoms with Crippen LogP contribution in [0.25, 0.3) is 0 Å². The van der Waals surface area contributed by atoms with Crippen LogP contribution in [0.4, 0.5) is 5.13 Å². The largest absolute Gasteiger partial charge is 0.370 e. The molecule has 0 aromatic carbocycles. The van der Waals surface area contributed by atoms with Gasteiger partial charge >= 0.3 is 0 Å². The van der Waals surface area contributed by atoms with Gasteiger partial charge in [0.15, 0.2) is 11.1 Å². The van der Waals surface area contributed by atoms with Gasteiger partial charge in [-0.05, 0) is 25.7 Å². The number of allylic oxidation sites excluding steroid dienone is 1. The summed E-state index contributed by atoms with van der Waals surface area (Å²) >= 11 is 1.70. The van der Waals surface area contributed by atoms with Crippen molar-refractivity contribution in [3.05, 3.63) is 23.2 Å². The van der Waals surface area contributed by atoms with Crippen LogP contribution in [0.2, 0.25) is 0 Å². The Morgan fingerprint density at radius 2 is 2.14 bits per heavy atom. The third-order valence-corrected chi connectivity index (χ3v) is 4.97. The number of aromatic nitrogens is 1. The molecule has 2 N–H and O–H groups in total. The van der Waals surface area contributed by atoms with E-state index in [9.17, 15) is 0 Å². The summed E-state index contributed by atoms with van der Waals surface area (Å²) in [4.78, 5) is 13.4. The molecule has 1 aromatic rings. The van der Waals surface area contributed by atoms with Crippen LogP contribution in [0.3, 0.4) is 0 Å². The Labute approximate surface area is 153 Å². The summed E-state index contributed by atoms with van der Waals surface area (Å²) in [5, 5.41) is 3.13. The molecule has 0 radical (unpaired) electrons. The number of nitrogens with zero attached hydrogens (tertiary/aromatic N) is 4. The van der Waals surface area contributed by atoms with E-state index in [4.69, 9.17) is 5.73 Å². The van der Waals surface area contributed by atoms with Crippen molar-refractivity contribution in [1.29, 1.82) is 0 Å². The Hall–Kier alpha value is -0.830. The van der Waals surface area contributed by atoms with Gasteiger partial charge in [-0.2, -0.15) is 0 Å². The van der Waals surface area contributed by atoms with Gasteiger partial charge in [0.1, 0.15) is 0 Å². The van der Waals surface area contributed by atoms with Crippen LogP contribution in [0.1, 0.15) is 25.7 Å². The third kappa shape index (κ3) is 4.58. The molecule has 1 aromatic heterocycles. The van der Waals surface area contributed by atoms with E-state index in [0.29, 0.717) is 5.96 Å². The number of halogens is 1. The molecule has 1 saturated heterocycles. The fraction of sp³-hybridized carbons (Fsp3) is 0.600. The van der Waals surface area contributed by atoms with Crippen molar-refractivity contribution in [1.82, 2.24) is 9.88 Å². The highest BCUT2D eigenvalue weighted by Crippen LogP contribution is 2.20. The second-order valence-electron chi connectivity index (χ2n) is 5.53. The van der Waals surface area contributed by atoms with Crippen molar-refractivity contribution in [2.45, 2.75) is 25.7 Å². The number of anilines is 1. The van der Waals surface area contributed by atoms with Gasteiger partial charge in [-0.15, -0.1) is 35.3 Å². The van der Waals surface area contributed by atoms with Crippen molar-refractivity contribution in [2.24, 2.45) is 10.7 Å². The summed E-state index contributed by atoms with van der Waals surface area (Å²) in [5.41, 5.74) is 7.68. The van der Waals surface area contributed by atoms with E-state index in [0.717, 1.165) is 44.3 Å². The number of hydrogen-bond acceptors (Lipinski definition) is 4. The van der Waals surface area contributed by atoms with Gasteiger partial charge in [0.05, 0.1) is 0 Å². The molecule has 1 aliphatic carbocycles. The van der Waals surface area contributed by atoms with E-state index in [1.807, 2.05) is 11.6 Å². The molecule has 1 aliphatic heterocycles. The van der Waals surface area contributed by atoms with E-state index >= 15 is 0 Å². The third-order valence-electron chi connectivity index (χ3n) is 4.14. The average molecular weight is 433 g/mol. The van der Waals surface area contributed by atoms with Crippen LogP contribution in [0, 0.1) is 0 Å². The minimum absolute atomic E-state index is 0. The quantitative estimate of drug-likeness (QED) is 0.344. The molecule has 122 valence electrons. The fourth-order valence-electron chi connectivity index (χ4n) is 2.88. The molecule has 3 rings (SSSR count). The first-order valence-corrected chi connectivity index (χ1v) is 8.58. The summed E-state index contributed by atoms with van der Waals surface area (Å²) in [6.45, 7) is 4.61. The highest BCUT2D eigenvalue weighted by molar-refractivity contribution is 14.0. The van der Waals surface area contributed by atoms with E-state index in [2.05, 4.69) is 25.9 Å². The summed E-state index contributed by atoms with van der Waals surface area (Å²) in [7, 11) is 0. The second kappa shape index (κ2) is 8.71. The summed E-state index contributed by atoms with van der Waals surface area (Å²) in [6, 6.07) is 0. The van der Waals surface area contributed by atoms with Crippen LogP contribution < -0.4 is 10.6 Å². The molecule has 0 unspecified atom stereocenters. The minimum Gasteiger partial charge on any atom is -0.370 e. The Bertz CT molecular complexity index is 506. The van der Waals surface area contributed by atoms with Gasteiger partial charge in [-0.25, -0.2) is 4.98 Å². The number of rotatable bonds is 4. The lowest BCUT2D eigenvalue weighted by Gasteiger charge is -2.35. The molecular formula is C15H24IN5S. The number of hydrogen-bond donors (Lipinski definition) is 1. The molecule has 2 aliphatic rings. The molecule has 1 fully saturated rings. The van der Waals surface area contributed by atoms with E-state index in [1.54, 1.807) is 16.9 Å². The predicted molar refractivity (Wildman–Crippen MR) is 104 cm³/mol. The number of thiazole rings is 1. The normalized spacial score (nSPS) is 19.1. The monoisotopic (exact) mass is 433 g/mol. The zero-order valence-electron chi connectivity index (χ0n) is 12.8. The first-order valence-electron chi connectivity index (χ1n) is 7.70. The molecule has 0 saturated carbocycles. The first-order chi connectivity index (χ1) is 10.3. The number of piperazine rings is 1. The molecule has 7 heteroatoms. The number of guanidine groups is 1. The van der Waals surface area contributed by atoms with Crippen LogP contribution >= 0.6 is 35.3 Å². The van der Waals surface area contributed by atoms with Crippen molar-refractivity contribution in [3.63, 3.8) is 0 Å². The molecule has 5 nitrogen and oxygen atoms in total. The standard InChI is InChI=1S/C15H23N5S.HI/c16-14(17-6-5-13-3-1-2-4-13)19-8-10-20(11-9-19)15-18-7-12-21-15;/h3,7,12H,1-2,4-6,8-11H2,(H2,16,17);1H. The van der Waals surface area contributed by atoms with Crippen LogP contribution in [-0.2, 0) is 0 Å². The summed E-state index contributed by atoms with van der Waals surface area (Å²) in [5.74, 6) is 0.701. The zero-order valence-corrected chi connectivity index (χ0v) is 15.9. The maximum absolute atomic E-state index is 6.12. The topological polar surface area (TPSA) is 57.8 Å². The molecule has 0 amide bonds. The van der Waals surface area contributed by atoms with Gasteiger partial charge < -0.3 is 15.5 Å². The smallest absolute Gasteiger partial charge is 0.191 e. The van der Waals surface area contributed by atoms with Crippen LogP contribution in [0.5, 0.6) is 0 Å². The van der Waals surface area contributed by atoms with Gasteiger partial charge in [0, 0.05) is 44.3 Å². The van der Waals surface area contributed by atoms with Gasteiger partial charge in [0.25, 0.3) is 0 Å². The summed E-state index contributed by atoms with van der Waals surface area (Å²) < 4.78 is 0. The van der Waals surface area contributed by atoms with E-state index in [-0.39, 0.29) is 24.0 Å². The van der Waals surface area contributed by atoms with E-state index in [1.165, 1.54) is 19.3 Å². The van der Waals surface area contributed by atoms with Crippen molar-refractivity contribution >= 4 is 46.4 Å². The molecule has 22 heavy (non-hydrogen) atoms. The lowest BCUT2D eigenvalue weighted by molar-refractivity contribution is 0.380. The lowest BCUT2D eigenvalue weighted by atomic mass is 10.2. The zero-order chi connectivity index (χ0) is 14.5. The highest BCUT2D eigenvalue weighted by atomic mass is 127. The Balaban J connectivity index is 0.00000176. The highest BCUT2D eigenvalue weighted by Gasteiger charge is 2.19. The molecule has 0 spiro atoms. The SMILES string of the molecule is I.NC(=NCCC1=CCCC1)N1CCN(c2nccs2)CC1. The van der Waals surface area contributed by atoms with Crippen molar-refractivity contribution in [3.8, 4) is 0 Å². The summed E-state index contributed by atoms with van der Waals surface area (Å²) in [6.07, 6.45) is 9.10. The Kier molecular flexibility index (Phi) is 6.94. The van der Waals surface area contributed by atoms with Gasteiger partial charge in [-0.1, -0.05) is 11.6 Å². The average Bonchev–Trinajstić information content (AvgIpc) is 3.21. The van der Waals surface area contributed by atoms with Gasteiger partial charge in [0.2, 0.25) is 0 Å². The molecule has 2 heterocycles. The Morgan fingerprint density at radius 3 is 2.77 bits per heavy atom. The molecule has 0 atom stereocenters. The minimum atomic E-state index is 0. The molecule has 0 bridgehead atoms. The lowest BCUT2D eigenvalue weighted by Crippen LogP contribution is -2.51. The van der Waals surface area contributed by atoms with Crippen molar-refractivity contribution in [2.75, 3.05) is 37.6 Å². The fourth-order valence-corrected chi connectivity index (χ4v) is 3.57. The number of aliphatic imine (C=N–C) groups is 1. The first kappa shape index (κ1) is 17.5. The predicted octanol–water partition coefficient (Wildman–Crippen LogP) is 2.70. The van der Waals surface area contributed by atoms with Crippen molar-refractivity contribution < 1.29 is 0 Å². The van der Waals surface area contributed by atoms with Crippen LogP contribution in [-0.4, -0.2) is 48.6 Å². The molecular weight excluding hydrogens is 409 g/mol. The van der Waals surface area contributed by atoms with Crippen LogP contribution in [0.15, 0.2) is 28.2 Å². The maximum Gasteiger partial charge on any atom is 0.191 e. The number of nitrogens with two attached hydrogens (primary N) is 1.